The minimum Gasteiger partial charge on any atom is -0.272 e. The van der Waals surface area contributed by atoms with Crippen molar-refractivity contribution in [3.8, 4) is 0 Å². The van der Waals surface area contributed by atoms with Gasteiger partial charge in [0.2, 0.25) is 0 Å². The Morgan fingerprint density at radius 3 is 2.39 bits per heavy atom. The third-order valence-electron chi connectivity index (χ3n) is 3.23. The molecule has 116 valence electrons. The Morgan fingerprint density at radius 2 is 1.65 bits per heavy atom. The molecule has 1 amide bonds. The SMILES string of the molecule is O=C(NNS(=O)(=O)c1ccc2ccccc2c1)c1ccccn1. The summed E-state index contributed by atoms with van der Waals surface area (Å²) in [4.78, 5) is 17.8. The van der Waals surface area contributed by atoms with Crippen molar-refractivity contribution < 1.29 is 13.2 Å². The first kappa shape index (κ1) is 15.1. The molecule has 0 unspecified atom stereocenters. The van der Waals surface area contributed by atoms with Crippen LogP contribution in [0.3, 0.4) is 0 Å². The highest BCUT2D eigenvalue weighted by Gasteiger charge is 2.16. The summed E-state index contributed by atoms with van der Waals surface area (Å²) in [7, 11) is -3.86. The molecule has 0 aliphatic rings. The summed E-state index contributed by atoms with van der Waals surface area (Å²) in [5, 5.41) is 1.73. The van der Waals surface area contributed by atoms with Crippen molar-refractivity contribution in [3.05, 3.63) is 72.6 Å². The van der Waals surface area contributed by atoms with Gasteiger partial charge in [0.15, 0.2) is 0 Å². The standard InChI is InChI=1S/C16H13N3O3S/c20-16(15-7-3-4-10-17-15)18-19-23(21,22)14-9-8-12-5-1-2-6-13(12)11-14/h1-11,19H,(H,18,20). The average Bonchev–Trinajstić information content (AvgIpc) is 2.60. The van der Waals surface area contributed by atoms with E-state index in [2.05, 4.69) is 15.2 Å². The molecule has 0 saturated heterocycles. The molecular formula is C16H13N3O3S. The zero-order valence-corrected chi connectivity index (χ0v) is 12.7. The van der Waals surface area contributed by atoms with E-state index in [0.717, 1.165) is 10.8 Å². The molecule has 3 aromatic rings. The van der Waals surface area contributed by atoms with Gasteiger partial charge in [0, 0.05) is 6.20 Å². The summed E-state index contributed by atoms with van der Waals surface area (Å²) in [6.45, 7) is 0. The summed E-state index contributed by atoms with van der Waals surface area (Å²) in [6.07, 6.45) is 1.45. The minimum absolute atomic E-state index is 0.0671. The third kappa shape index (κ3) is 3.36. The van der Waals surface area contributed by atoms with Crippen LogP contribution in [0, 0.1) is 0 Å². The lowest BCUT2D eigenvalue weighted by Crippen LogP contribution is -2.41. The fourth-order valence-electron chi connectivity index (χ4n) is 2.07. The number of nitrogens with zero attached hydrogens (tertiary/aromatic N) is 1. The number of hydrogen-bond acceptors (Lipinski definition) is 4. The molecule has 0 bridgehead atoms. The van der Waals surface area contributed by atoms with E-state index in [1.165, 1.54) is 18.3 Å². The van der Waals surface area contributed by atoms with E-state index in [9.17, 15) is 13.2 Å². The second kappa shape index (κ2) is 6.15. The molecule has 0 aliphatic heterocycles. The number of aromatic nitrogens is 1. The zero-order valence-electron chi connectivity index (χ0n) is 11.9. The lowest BCUT2D eigenvalue weighted by atomic mass is 10.1. The number of sulfonamides is 1. The fraction of sp³-hybridized carbons (Fsp3) is 0. The first-order valence-corrected chi connectivity index (χ1v) is 8.26. The molecule has 1 heterocycles. The van der Waals surface area contributed by atoms with Gasteiger partial charge in [0.05, 0.1) is 4.90 Å². The summed E-state index contributed by atoms with van der Waals surface area (Å²) in [6, 6.07) is 16.9. The van der Waals surface area contributed by atoms with Crippen LogP contribution >= 0.6 is 0 Å². The molecule has 0 aliphatic carbocycles. The van der Waals surface area contributed by atoms with E-state index in [1.54, 1.807) is 24.3 Å². The number of fused-ring (bicyclic) bond motifs is 1. The number of nitrogens with one attached hydrogen (secondary N) is 2. The van der Waals surface area contributed by atoms with Crippen LogP contribution in [-0.4, -0.2) is 19.3 Å². The molecular weight excluding hydrogens is 314 g/mol. The van der Waals surface area contributed by atoms with E-state index in [-0.39, 0.29) is 10.6 Å². The van der Waals surface area contributed by atoms with Gasteiger partial charge in [-0.25, -0.2) is 8.42 Å². The molecule has 1 aromatic heterocycles. The quantitative estimate of drug-likeness (QED) is 0.716. The lowest BCUT2D eigenvalue weighted by molar-refractivity contribution is 0.0940. The molecule has 2 aromatic carbocycles. The minimum atomic E-state index is -3.86. The van der Waals surface area contributed by atoms with Gasteiger partial charge in [-0.1, -0.05) is 36.4 Å². The molecule has 3 rings (SSSR count). The lowest BCUT2D eigenvalue weighted by Gasteiger charge is -2.09. The normalized spacial score (nSPS) is 11.3. The van der Waals surface area contributed by atoms with E-state index in [0.29, 0.717) is 0 Å². The average molecular weight is 327 g/mol. The van der Waals surface area contributed by atoms with E-state index >= 15 is 0 Å². The second-order valence-electron chi connectivity index (χ2n) is 4.78. The van der Waals surface area contributed by atoms with Gasteiger partial charge < -0.3 is 0 Å². The third-order valence-corrected chi connectivity index (χ3v) is 4.47. The van der Waals surface area contributed by atoms with Crippen molar-refractivity contribution in [2.24, 2.45) is 0 Å². The molecule has 2 N–H and O–H groups in total. The maximum atomic E-state index is 12.3. The van der Waals surface area contributed by atoms with Gasteiger partial charge in [-0.05, 0) is 35.0 Å². The molecule has 0 atom stereocenters. The number of hydrazine groups is 1. The topological polar surface area (TPSA) is 88.2 Å². The number of benzene rings is 2. The Labute approximate surface area is 133 Å². The Balaban J connectivity index is 1.79. The van der Waals surface area contributed by atoms with Crippen molar-refractivity contribution in [2.75, 3.05) is 0 Å². The van der Waals surface area contributed by atoms with E-state index in [4.69, 9.17) is 0 Å². The van der Waals surface area contributed by atoms with Crippen LogP contribution in [0.25, 0.3) is 10.8 Å². The van der Waals surface area contributed by atoms with Crippen molar-refractivity contribution in [3.63, 3.8) is 0 Å². The van der Waals surface area contributed by atoms with Gasteiger partial charge in [-0.15, -0.1) is 4.83 Å². The first-order valence-electron chi connectivity index (χ1n) is 6.78. The van der Waals surface area contributed by atoms with Gasteiger partial charge in [-0.3, -0.25) is 15.2 Å². The van der Waals surface area contributed by atoms with E-state index in [1.807, 2.05) is 24.3 Å². The maximum absolute atomic E-state index is 12.3. The van der Waals surface area contributed by atoms with Crippen LogP contribution in [0.4, 0.5) is 0 Å². The highest BCUT2D eigenvalue weighted by atomic mass is 32.2. The molecule has 6 nitrogen and oxygen atoms in total. The summed E-state index contributed by atoms with van der Waals surface area (Å²) in [5.74, 6) is -0.630. The van der Waals surface area contributed by atoms with Crippen LogP contribution in [0.1, 0.15) is 10.5 Å². The largest absolute Gasteiger partial charge is 0.284 e. The molecule has 23 heavy (non-hydrogen) atoms. The molecule has 7 heteroatoms. The molecule has 0 radical (unpaired) electrons. The Morgan fingerprint density at radius 1 is 0.913 bits per heavy atom. The van der Waals surface area contributed by atoms with Gasteiger partial charge in [-0.2, -0.15) is 0 Å². The van der Waals surface area contributed by atoms with Crippen molar-refractivity contribution in [2.45, 2.75) is 4.90 Å². The van der Waals surface area contributed by atoms with Crippen LogP contribution in [0.5, 0.6) is 0 Å². The highest BCUT2D eigenvalue weighted by molar-refractivity contribution is 7.89. The number of amides is 1. The summed E-state index contributed by atoms with van der Waals surface area (Å²) >= 11 is 0. The summed E-state index contributed by atoms with van der Waals surface area (Å²) in [5.41, 5.74) is 2.27. The molecule has 0 saturated carbocycles. The van der Waals surface area contributed by atoms with Gasteiger partial charge in [0.25, 0.3) is 15.9 Å². The Kier molecular flexibility index (Phi) is 4.05. The first-order chi connectivity index (χ1) is 11.1. The van der Waals surface area contributed by atoms with Crippen LogP contribution in [-0.2, 0) is 10.0 Å². The van der Waals surface area contributed by atoms with Crippen molar-refractivity contribution in [1.29, 1.82) is 0 Å². The van der Waals surface area contributed by atoms with E-state index < -0.39 is 15.9 Å². The van der Waals surface area contributed by atoms with Gasteiger partial charge in [0.1, 0.15) is 5.69 Å². The Hall–Kier alpha value is -2.77. The van der Waals surface area contributed by atoms with Crippen molar-refractivity contribution in [1.82, 2.24) is 15.2 Å². The fourth-order valence-corrected chi connectivity index (χ4v) is 2.94. The van der Waals surface area contributed by atoms with Crippen molar-refractivity contribution >= 4 is 26.7 Å². The maximum Gasteiger partial charge on any atom is 0.284 e. The number of pyridine rings is 1. The van der Waals surface area contributed by atoms with Crippen LogP contribution < -0.4 is 10.3 Å². The van der Waals surface area contributed by atoms with Crippen LogP contribution in [0.2, 0.25) is 0 Å². The Bertz CT molecular complexity index is 956. The predicted octanol–water partition coefficient (Wildman–Crippen LogP) is 1.86. The predicted molar refractivity (Wildman–Crippen MR) is 86.0 cm³/mol. The number of carbonyl (C=O) groups excluding carboxylic acids is 1. The van der Waals surface area contributed by atoms with Gasteiger partial charge >= 0.3 is 0 Å². The zero-order chi connectivity index (χ0) is 16.3. The highest BCUT2D eigenvalue weighted by Crippen LogP contribution is 2.18. The number of carbonyl (C=O) groups is 1. The molecule has 0 fully saturated rings. The number of hydrogen-bond donors (Lipinski definition) is 2. The summed E-state index contributed by atoms with van der Waals surface area (Å²) < 4.78 is 24.5. The monoisotopic (exact) mass is 327 g/mol. The smallest absolute Gasteiger partial charge is 0.272 e. The number of rotatable bonds is 4. The second-order valence-corrected chi connectivity index (χ2v) is 6.47. The molecule has 0 spiro atoms. The van der Waals surface area contributed by atoms with Crippen LogP contribution in [0.15, 0.2) is 71.8 Å².